The van der Waals surface area contributed by atoms with E-state index in [9.17, 15) is 9.46 Å². The first kappa shape index (κ1) is 15.3. The van der Waals surface area contributed by atoms with Crippen LogP contribution in [0.1, 0.15) is 58.1 Å². The second-order valence-electron chi connectivity index (χ2n) is 6.37. The number of fused-ring (bicyclic) bond motifs is 1. The van der Waals surface area contributed by atoms with Crippen LogP contribution in [-0.2, 0) is 9.98 Å². The Morgan fingerprint density at radius 1 is 1.30 bits per heavy atom. The molecular weight excluding hydrogens is 271 g/mol. The summed E-state index contributed by atoms with van der Waals surface area (Å²) in [6.07, 6.45) is 2.88. The molecule has 0 aliphatic carbocycles. The van der Waals surface area contributed by atoms with Crippen LogP contribution in [0, 0.1) is 0 Å². The van der Waals surface area contributed by atoms with Crippen LogP contribution in [0.3, 0.4) is 0 Å². The summed E-state index contributed by atoms with van der Waals surface area (Å²) in [6.45, 7) is 8.46. The van der Waals surface area contributed by atoms with E-state index in [2.05, 4.69) is 33.8 Å². The summed E-state index contributed by atoms with van der Waals surface area (Å²) in [7, 11) is -3.65. The number of hydrogen-bond donors (Lipinski definition) is 1. The number of hydrogen-bond acceptors (Lipinski definition) is 2. The van der Waals surface area contributed by atoms with Gasteiger partial charge in [-0.05, 0) is 35.5 Å². The molecule has 1 aliphatic rings. The van der Waals surface area contributed by atoms with Crippen LogP contribution in [0.5, 0.6) is 5.75 Å². The normalized spacial score (nSPS) is 21.9. The summed E-state index contributed by atoms with van der Waals surface area (Å²) in [5, 5.41) is 0. The lowest BCUT2D eigenvalue weighted by Crippen LogP contribution is -2.12. The lowest BCUT2D eigenvalue weighted by molar-refractivity contribution is 0.389. The molecule has 0 aromatic heterocycles. The molecule has 1 aliphatic heterocycles. The van der Waals surface area contributed by atoms with Crippen molar-refractivity contribution >= 4 is 13.2 Å². The largest absolute Gasteiger partial charge is 0.421 e. The van der Waals surface area contributed by atoms with Crippen molar-refractivity contribution in [3.05, 3.63) is 35.1 Å². The van der Waals surface area contributed by atoms with Crippen LogP contribution in [-0.4, -0.2) is 4.89 Å². The van der Waals surface area contributed by atoms with Crippen molar-refractivity contribution in [2.75, 3.05) is 0 Å². The molecule has 0 saturated heterocycles. The summed E-state index contributed by atoms with van der Waals surface area (Å²) in [4.78, 5) is 9.84. The zero-order valence-electron chi connectivity index (χ0n) is 12.6. The second kappa shape index (κ2) is 5.38. The fourth-order valence-corrected chi connectivity index (χ4v) is 3.48. The van der Waals surface area contributed by atoms with Gasteiger partial charge in [0.2, 0.25) is 0 Å². The molecule has 4 heteroatoms. The predicted molar refractivity (Wildman–Crippen MR) is 83.1 cm³/mol. The highest BCUT2D eigenvalue weighted by Crippen LogP contribution is 2.54. The average molecular weight is 294 g/mol. The highest BCUT2D eigenvalue weighted by Gasteiger charge is 2.28. The van der Waals surface area contributed by atoms with Crippen molar-refractivity contribution in [3.8, 4) is 5.75 Å². The third-order valence-corrected chi connectivity index (χ3v) is 4.64. The van der Waals surface area contributed by atoms with Crippen LogP contribution >= 0.6 is 7.60 Å². The first-order valence-corrected chi connectivity index (χ1v) is 8.76. The summed E-state index contributed by atoms with van der Waals surface area (Å²) < 4.78 is 17.3. The SMILES string of the molecule is CCCCC1=CP(=O)(O)Oc2cc(C(C)(C)C)ccc21. The Morgan fingerprint density at radius 3 is 2.60 bits per heavy atom. The van der Waals surface area contributed by atoms with E-state index in [-0.39, 0.29) is 5.41 Å². The van der Waals surface area contributed by atoms with Crippen LogP contribution in [0.25, 0.3) is 5.57 Å². The van der Waals surface area contributed by atoms with Crippen LogP contribution < -0.4 is 4.52 Å². The van der Waals surface area contributed by atoms with Gasteiger partial charge in [0.1, 0.15) is 5.75 Å². The second-order valence-corrected chi connectivity index (χ2v) is 7.94. The third-order valence-electron chi connectivity index (χ3n) is 3.54. The zero-order valence-corrected chi connectivity index (χ0v) is 13.5. The number of unbranched alkanes of at least 4 members (excludes halogenated alkanes) is 1. The fourth-order valence-electron chi connectivity index (χ4n) is 2.33. The van der Waals surface area contributed by atoms with Crippen molar-refractivity contribution < 1.29 is 14.0 Å². The molecule has 1 unspecified atom stereocenters. The quantitative estimate of drug-likeness (QED) is 0.789. The standard InChI is InChI=1S/C16H23O3P/c1-5-6-7-12-11-20(17,18)19-15-10-13(16(2,3)4)8-9-14(12)15/h8-11H,5-7H2,1-4H3,(H,17,18). The maximum Gasteiger partial charge on any atom is 0.401 e. The molecule has 20 heavy (non-hydrogen) atoms. The summed E-state index contributed by atoms with van der Waals surface area (Å²) in [5.74, 6) is 1.94. The average Bonchev–Trinajstić information content (AvgIpc) is 2.32. The van der Waals surface area contributed by atoms with Gasteiger partial charge >= 0.3 is 7.60 Å². The predicted octanol–water partition coefficient (Wildman–Crippen LogP) is 5.09. The number of allylic oxidation sites excluding steroid dienone is 1. The van der Waals surface area contributed by atoms with Gasteiger partial charge < -0.3 is 9.42 Å². The van der Waals surface area contributed by atoms with E-state index >= 15 is 0 Å². The van der Waals surface area contributed by atoms with Crippen molar-refractivity contribution in [2.24, 2.45) is 0 Å². The van der Waals surface area contributed by atoms with E-state index in [0.29, 0.717) is 5.75 Å². The Hall–Kier alpha value is -1.05. The van der Waals surface area contributed by atoms with Crippen LogP contribution in [0.2, 0.25) is 0 Å². The Balaban J connectivity index is 2.46. The molecule has 0 radical (unpaired) electrons. The van der Waals surface area contributed by atoms with E-state index in [1.165, 1.54) is 5.82 Å². The Kier molecular flexibility index (Phi) is 4.13. The highest BCUT2D eigenvalue weighted by molar-refractivity contribution is 7.57. The molecule has 3 nitrogen and oxygen atoms in total. The molecule has 1 aromatic rings. The molecule has 0 fully saturated rings. The molecule has 0 spiro atoms. The first-order chi connectivity index (χ1) is 9.23. The summed E-state index contributed by atoms with van der Waals surface area (Å²) in [6, 6.07) is 5.99. The fraction of sp³-hybridized carbons (Fsp3) is 0.500. The van der Waals surface area contributed by atoms with E-state index < -0.39 is 7.60 Å². The summed E-state index contributed by atoms with van der Waals surface area (Å²) >= 11 is 0. The van der Waals surface area contributed by atoms with Gasteiger partial charge in [0.05, 0.1) is 0 Å². The topological polar surface area (TPSA) is 46.5 Å². The highest BCUT2D eigenvalue weighted by atomic mass is 31.2. The minimum Gasteiger partial charge on any atom is -0.421 e. The van der Waals surface area contributed by atoms with Gasteiger partial charge in [0, 0.05) is 11.4 Å². The molecular formula is C16H23O3P. The minimum atomic E-state index is -3.65. The van der Waals surface area contributed by atoms with Gasteiger partial charge in [-0.25, -0.2) is 4.57 Å². The van der Waals surface area contributed by atoms with Crippen molar-refractivity contribution in [1.82, 2.24) is 0 Å². The molecule has 2 rings (SSSR count). The van der Waals surface area contributed by atoms with Gasteiger partial charge in [-0.3, -0.25) is 0 Å². The lowest BCUT2D eigenvalue weighted by Gasteiger charge is -2.25. The number of benzene rings is 1. The van der Waals surface area contributed by atoms with Gasteiger partial charge in [-0.15, -0.1) is 0 Å². The van der Waals surface area contributed by atoms with E-state index in [4.69, 9.17) is 4.52 Å². The maximum atomic E-state index is 12.0. The molecule has 1 heterocycles. The Bertz CT molecular complexity index is 582. The van der Waals surface area contributed by atoms with Crippen molar-refractivity contribution in [1.29, 1.82) is 0 Å². The van der Waals surface area contributed by atoms with Gasteiger partial charge in [-0.1, -0.05) is 46.2 Å². The summed E-state index contributed by atoms with van der Waals surface area (Å²) in [5.41, 5.74) is 2.97. The molecule has 0 amide bonds. The monoisotopic (exact) mass is 294 g/mol. The third kappa shape index (κ3) is 3.34. The molecule has 1 atom stereocenters. The molecule has 0 saturated carbocycles. The molecule has 0 bridgehead atoms. The van der Waals surface area contributed by atoms with Crippen molar-refractivity contribution in [3.63, 3.8) is 0 Å². The molecule has 1 N–H and O–H groups in total. The minimum absolute atomic E-state index is 0.0113. The molecule has 1 aromatic carbocycles. The Morgan fingerprint density at radius 2 is 2.00 bits per heavy atom. The zero-order chi connectivity index (χ0) is 15.0. The van der Waals surface area contributed by atoms with E-state index in [0.717, 1.165) is 36.0 Å². The lowest BCUT2D eigenvalue weighted by atomic mass is 9.85. The molecule has 110 valence electrons. The van der Waals surface area contributed by atoms with Gasteiger partial charge in [0.25, 0.3) is 0 Å². The van der Waals surface area contributed by atoms with E-state index in [1.807, 2.05) is 12.1 Å². The van der Waals surface area contributed by atoms with Crippen LogP contribution in [0.4, 0.5) is 0 Å². The Labute approximate surface area is 121 Å². The maximum absolute atomic E-state index is 12.0. The van der Waals surface area contributed by atoms with Gasteiger partial charge in [0.15, 0.2) is 0 Å². The first-order valence-electron chi connectivity index (χ1n) is 7.11. The van der Waals surface area contributed by atoms with Gasteiger partial charge in [-0.2, -0.15) is 0 Å². The van der Waals surface area contributed by atoms with E-state index in [1.54, 1.807) is 0 Å². The number of rotatable bonds is 3. The smallest absolute Gasteiger partial charge is 0.401 e. The van der Waals surface area contributed by atoms with Crippen LogP contribution in [0.15, 0.2) is 24.0 Å². The van der Waals surface area contributed by atoms with Crippen molar-refractivity contribution in [2.45, 2.75) is 52.4 Å².